The Balaban J connectivity index is 2.75. The van der Waals surface area contributed by atoms with E-state index >= 15 is 0 Å². The third kappa shape index (κ3) is 3.27. The number of benzene rings is 1. The van der Waals surface area contributed by atoms with Crippen LogP contribution in [0.2, 0.25) is 0 Å². The Kier molecular flexibility index (Phi) is 3.72. The van der Waals surface area contributed by atoms with Crippen molar-refractivity contribution in [2.45, 2.75) is 19.9 Å². The summed E-state index contributed by atoms with van der Waals surface area (Å²) in [7, 11) is 4.01. The molecule has 3 nitrogen and oxygen atoms in total. The van der Waals surface area contributed by atoms with Crippen LogP contribution in [0.4, 0.5) is 5.69 Å². The van der Waals surface area contributed by atoms with Gasteiger partial charge in [-0.25, -0.2) is 0 Å². The number of nitrogens with one attached hydrogen (secondary N) is 1. The second-order valence-electron chi connectivity index (χ2n) is 3.91. The lowest BCUT2D eigenvalue weighted by Crippen LogP contribution is -2.23. The molecule has 0 unspecified atom stereocenters. The smallest absolute Gasteiger partial charge is 0.217 e. The number of hydrogen-bond acceptors (Lipinski definition) is 2. The molecule has 1 aromatic carbocycles. The van der Waals surface area contributed by atoms with Crippen molar-refractivity contribution in [1.82, 2.24) is 5.32 Å². The van der Waals surface area contributed by atoms with Crippen molar-refractivity contribution in [3.63, 3.8) is 0 Å². The Bertz CT molecular complexity index is 330. The van der Waals surface area contributed by atoms with Gasteiger partial charge < -0.3 is 10.2 Å². The highest BCUT2D eigenvalue weighted by atomic mass is 16.1. The van der Waals surface area contributed by atoms with E-state index in [1.165, 1.54) is 6.92 Å². The van der Waals surface area contributed by atoms with Gasteiger partial charge in [0.15, 0.2) is 0 Å². The fourth-order valence-electron chi connectivity index (χ4n) is 1.45. The molecule has 0 saturated heterocycles. The Morgan fingerprint density at radius 3 is 2.20 bits per heavy atom. The lowest BCUT2D eigenvalue weighted by atomic mass is 10.1. The van der Waals surface area contributed by atoms with Crippen LogP contribution in [0.25, 0.3) is 0 Å². The summed E-state index contributed by atoms with van der Waals surface area (Å²) in [4.78, 5) is 12.9. The summed E-state index contributed by atoms with van der Waals surface area (Å²) < 4.78 is 0. The van der Waals surface area contributed by atoms with Gasteiger partial charge in [-0.1, -0.05) is 12.1 Å². The van der Waals surface area contributed by atoms with Crippen LogP contribution >= 0.6 is 0 Å². The van der Waals surface area contributed by atoms with Gasteiger partial charge in [0.25, 0.3) is 0 Å². The molecule has 1 aromatic rings. The van der Waals surface area contributed by atoms with Crippen LogP contribution in [0.3, 0.4) is 0 Å². The molecule has 1 atom stereocenters. The van der Waals surface area contributed by atoms with Crippen molar-refractivity contribution >= 4 is 11.6 Å². The maximum Gasteiger partial charge on any atom is 0.217 e. The molecule has 0 spiro atoms. The van der Waals surface area contributed by atoms with Gasteiger partial charge in [-0.15, -0.1) is 0 Å². The molecule has 1 rings (SSSR count). The Labute approximate surface area is 91.1 Å². The van der Waals surface area contributed by atoms with Crippen LogP contribution < -0.4 is 10.2 Å². The summed E-state index contributed by atoms with van der Waals surface area (Å²) in [6, 6.07) is 8.24. The lowest BCUT2D eigenvalue weighted by Gasteiger charge is -2.16. The summed E-state index contributed by atoms with van der Waals surface area (Å²) in [5, 5.41) is 2.86. The number of nitrogens with zero attached hydrogens (tertiary/aromatic N) is 1. The molecule has 1 amide bonds. The number of hydrogen-bond donors (Lipinski definition) is 1. The lowest BCUT2D eigenvalue weighted by molar-refractivity contribution is -0.119. The van der Waals surface area contributed by atoms with Gasteiger partial charge in [0, 0.05) is 26.7 Å². The van der Waals surface area contributed by atoms with E-state index in [1.54, 1.807) is 0 Å². The van der Waals surface area contributed by atoms with Crippen LogP contribution in [0.1, 0.15) is 25.5 Å². The molecule has 0 heterocycles. The number of carbonyl (C=O) groups excluding carboxylic acids is 1. The van der Waals surface area contributed by atoms with Crippen molar-refractivity contribution in [2.24, 2.45) is 0 Å². The molecular weight excluding hydrogens is 188 g/mol. The van der Waals surface area contributed by atoms with Crippen molar-refractivity contribution in [1.29, 1.82) is 0 Å². The van der Waals surface area contributed by atoms with E-state index < -0.39 is 0 Å². The summed E-state index contributed by atoms with van der Waals surface area (Å²) in [6.07, 6.45) is 0. The quantitative estimate of drug-likeness (QED) is 0.819. The monoisotopic (exact) mass is 206 g/mol. The second kappa shape index (κ2) is 4.82. The topological polar surface area (TPSA) is 32.3 Å². The second-order valence-corrected chi connectivity index (χ2v) is 3.91. The minimum absolute atomic E-state index is 0.000754. The molecule has 0 aliphatic carbocycles. The van der Waals surface area contributed by atoms with Crippen LogP contribution in [0.5, 0.6) is 0 Å². The van der Waals surface area contributed by atoms with Crippen molar-refractivity contribution in [2.75, 3.05) is 19.0 Å². The summed E-state index contributed by atoms with van der Waals surface area (Å²) in [5.74, 6) is -0.000754. The molecular formula is C12H18N2O. The number of rotatable bonds is 3. The van der Waals surface area contributed by atoms with Crippen LogP contribution in [-0.2, 0) is 4.79 Å². The molecule has 0 fully saturated rings. The maximum absolute atomic E-state index is 10.9. The number of amides is 1. The Morgan fingerprint density at radius 2 is 1.80 bits per heavy atom. The minimum Gasteiger partial charge on any atom is -0.378 e. The molecule has 0 aliphatic rings. The van der Waals surface area contributed by atoms with Crippen LogP contribution in [-0.4, -0.2) is 20.0 Å². The van der Waals surface area contributed by atoms with Gasteiger partial charge in [-0.05, 0) is 24.6 Å². The average molecular weight is 206 g/mol. The highest BCUT2D eigenvalue weighted by Crippen LogP contribution is 2.17. The first-order valence-electron chi connectivity index (χ1n) is 5.05. The molecule has 1 N–H and O–H groups in total. The fraction of sp³-hybridized carbons (Fsp3) is 0.417. The normalized spacial score (nSPS) is 12.0. The number of anilines is 1. The first-order chi connectivity index (χ1) is 7.00. The highest BCUT2D eigenvalue weighted by Gasteiger charge is 2.06. The fourth-order valence-corrected chi connectivity index (χ4v) is 1.45. The predicted molar refractivity (Wildman–Crippen MR) is 63.0 cm³/mol. The van der Waals surface area contributed by atoms with Gasteiger partial charge in [-0.2, -0.15) is 0 Å². The van der Waals surface area contributed by atoms with Crippen molar-refractivity contribution < 1.29 is 4.79 Å². The Hall–Kier alpha value is -1.51. The molecule has 15 heavy (non-hydrogen) atoms. The maximum atomic E-state index is 10.9. The van der Waals surface area contributed by atoms with E-state index in [0.717, 1.165) is 11.3 Å². The van der Waals surface area contributed by atoms with E-state index in [9.17, 15) is 4.79 Å². The van der Waals surface area contributed by atoms with Crippen LogP contribution in [0, 0.1) is 0 Å². The van der Waals surface area contributed by atoms with Gasteiger partial charge in [0.1, 0.15) is 0 Å². The van der Waals surface area contributed by atoms with Gasteiger partial charge >= 0.3 is 0 Å². The minimum atomic E-state index is -0.000754. The van der Waals surface area contributed by atoms with E-state index in [-0.39, 0.29) is 11.9 Å². The largest absolute Gasteiger partial charge is 0.378 e. The molecule has 82 valence electrons. The number of carbonyl (C=O) groups is 1. The first-order valence-corrected chi connectivity index (χ1v) is 5.05. The standard InChI is InChI=1S/C12H18N2O/c1-9(13-10(2)15)11-5-7-12(8-6-11)14(3)4/h5-9H,1-4H3,(H,13,15)/t9-/m0/s1. The summed E-state index contributed by atoms with van der Waals surface area (Å²) in [6.45, 7) is 3.51. The van der Waals surface area contributed by atoms with Gasteiger partial charge in [0.05, 0.1) is 6.04 Å². The average Bonchev–Trinajstić information content (AvgIpc) is 2.17. The summed E-state index contributed by atoms with van der Waals surface area (Å²) in [5.41, 5.74) is 2.28. The highest BCUT2D eigenvalue weighted by molar-refractivity contribution is 5.73. The predicted octanol–water partition coefficient (Wildman–Crippen LogP) is 1.95. The van der Waals surface area contributed by atoms with Gasteiger partial charge in [0.2, 0.25) is 5.91 Å². The SMILES string of the molecule is CC(=O)N[C@@H](C)c1ccc(N(C)C)cc1. The van der Waals surface area contributed by atoms with Crippen molar-refractivity contribution in [3.8, 4) is 0 Å². The van der Waals surface area contributed by atoms with Gasteiger partial charge in [-0.3, -0.25) is 4.79 Å². The zero-order valence-electron chi connectivity index (χ0n) is 9.74. The molecule has 0 aromatic heterocycles. The zero-order valence-corrected chi connectivity index (χ0v) is 9.74. The third-order valence-corrected chi connectivity index (χ3v) is 2.33. The first kappa shape index (κ1) is 11.6. The third-order valence-electron chi connectivity index (χ3n) is 2.33. The van der Waals surface area contributed by atoms with E-state index in [2.05, 4.69) is 5.32 Å². The van der Waals surface area contributed by atoms with Crippen LogP contribution in [0.15, 0.2) is 24.3 Å². The van der Waals surface area contributed by atoms with E-state index in [4.69, 9.17) is 0 Å². The molecule has 3 heteroatoms. The molecule has 0 saturated carbocycles. The summed E-state index contributed by atoms with van der Waals surface area (Å²) >= 11 is 0. The molecule has 0 aliphatic heterocycles. The van der Waals surface area contributed by atoms with E-state index in [1.807, 2.05) is 50.2 Å². The Morgan fingerprint density at radius 1 is 1.27 bits per heavy atom. The molecule has 0 radical (unpaired) electrons. The molecule has 0 bridgehead atoms. The van der Waals surface area contributed by atoms with Crippen molar-refractivity contribution in [3.05, 3.63) is 29.8 Å². The zero-order chi connectivity index (χ0) is 11.4. The van der Waals surface area contributed by atoms with E-state index in [0.29, 0.717) is 0 Å².